The molecule has 1 atom stereocenters. The molecule has 1 fully saturated rings. The van der Waals surface area contributed by atoms with Crippen molar-refractivity contribution in [2.75, 3.05) is 38.0 Å². The number of carbonyl (C=O) groups excluding carboxylic acids is 4. The summed E-state index contributed by atoms with van der Waals surface area (Å²) in [6, 6.07) is 6.45. The molecular weight excluding hydrogens is 476 g/mol. The molecule has 0 aliphatic carbocycles. The monoisotopic (exact) mass is 502 g/mol. The summed E-state index contributed by atoms with van der Waals surface area (Å²) < 4.78 is 0. The number of halogens is 1. The van der Waals surface area contributed by atoms with E-state index in [1.165, 1.54) is 18.3 Å². The molecule has 3 amide bonds. The number of nitrogens with one attached hydrogen (secondary N) is 1. The minimum Gasteiger partial charge on any atom is -0.343 e. The lowest BCUT2D eigenvalue weighted by molar-refractivity contribution is -0.129. The molecule has 2 aliphatic heterocycles. The standard InChI is InChI=1S/C24H27ClN4O4S/c1-15(28-11-9-27(14-30)10-12-28)23(33)26-24-21(22(32)17-5-3-4-6-19(17)25)18-7-8-29(16(2)31)13-20(18)34-24/h3-6,14-15H,7-13H2,1-2H3,(H,26,33). The second-order valence-corrected chi connectivity index (χ2v) is 10.1. The van der Waals surface area contributed by atoms with E-state index in [0.717, 1.165) is 16.9 Å². The van der Waals surface area contributed by atoms with Gasteiger partial charge in [-0.15, -0.1) is 11.3 Å². The van der Waals surface area contributed by atoms with Gasteiger partial charge in [0, 0.05) is 50.1 Å². The Morgan fingerprint density at radius 3 is 2.47 bits per heavy atom. The Morgan fingerprint density at radius 1 is 1.12 bits per heavy atom. The highest BCUT2D eigenvalue weighted by Crippen LogP contribution is 2.39. The van der Waals surface area contributed by atoms with Crippen molar-refractivity contribution in [2.24, 2.45) is 0 Å². The lowest BCUT2D eigenvalue weighted by Crippen LogP contribution is -2.52. The zero-order chi connectivity index (χ0) is 24.4. The van der Waals surface area contributed by atoms with Crippen molar-refractivity contribution < 1.29 is 19.2 Å². The van der Waals surface area contributed by atoms with Crippen LogP contribution >= 0.6 is 22.9 Å². The minimum atomic E-state index is -0.426. The number of rotatable bonds is 6. The van der Waals surface area contributed by atoms with Crippen molar-refractivity contribution in [3.63, 3.8) is 0 Å². The number of nitrogens with zero attached hydrogens (tertiary/aromatic N) is 3. The fourth-order valence-electron chi connectivity index (χ4n) is 4.39. The summed E-state index contributed by atoms with van der Waals surface area (Å²) in [5.41, 5.74) is 1.71. The average Bonchev–Trinajstić information content (AvgIpc) is 3.20. The summed E-state index contributed by atoms with van der Waals surface area (Å²) in [6.07, 6.45) is 1.37. The fourth-order valence-corrected chi connectivity index (χ4v) is 5.88. The van der Waals surface area contributed by atoms with Gasteiger partial charge in [0.05, 0.1) is 23.2 Å². The van der Waals surface area contributed by atoms with Crippen LogP contribution in [0.25, 0.3) is 0 Å². The summed E-state index contributed by atoms with van der Waals surface area (Å²) in [4.78, 5) is 56.1. The van der Waals surface area contributed by atoms with E-state index in [4.69, 9.17) is 11.6 Å². The van der Waals surface area contributed by atoms with Crippen LogP contribution in [0, 0.1) is 0 Å². The molecule has 1 aromatic carbocycles. The number of hydrogen-bond acceptors (Lipinski definition) is 6. The fraction of sp³-hybridized carbons (Fsp3) is 0.417. The smallest absolute Gasteiger partial charge is 0.242 e. The molecule has 1 N–H and O–H groups in total. The zero-order valence-corrected chi connectivity index (χ0v) is 20.7. The van der Waals surface area contributed by atoms with Crippen LogP contribution in [0.4, 0.5) is 5.00 Å². The van der Waals surface area contributed by atoms with E-state index >= 15 is 0 Å². The molecule has 10 heteroatoms. The number of ketones is 1. The van der Waals surface area contributed by atoms with Gasteiger partial charge in [0.25, 0.3) is 0 Å². The highest BCUT2D eigenvalue weighted by molar-refractivity contribution is 7.17. The topological polar surface area (TPSA) is 90.0 Å². The minimum absolute atomic E-state index is 0.0216. The number of anilines is 1. The van der Waals surface area contributed by atoms with E-state index in [2.05, 4.69) is 5.32 Å². The van der Waals surface area contributed by atoms with Crippen LogP contribution in [-0.2, 0) is 27.3 Å². The molecule has 1 saturated heterocycles. The van der Waals surface area contributed by atoms with E-state index in [1.54, 1.807) is 34.1 Å². The summed E-state index contributed by atoms with van der Waals surface area (Å²) in [7, 11) is 0. The van der Waals surface area contributed by atoms with Gasteiger partial charge in [-0.3, -0.25) is 24.1 Å². The average molecular weight is 503 g/mol. The van der Waals surface area contributed by atoms with E-state index in [1.807, 2.05) is 11.8 Å². The molecular formula is C24H27ClN4O4S. The molecule has 3 heterocycles. The number of piperazine rings is 1. The molecule has 2 aromatic rings. The van der Waals surface area contributed by atoms with Gasteiger partial charge >= 0.3 is 0 Å². The van der Waals surface area contributed by atoms with Crippen LogP contribution in [0.3, 0.4) is 0 Å². The molecule has 1 unspecified atom stereocenters. The summed E-state index contributed by atoms with van der Waals surface area (Å²) in [6.45, 7) is 6.65. The van der Waals surface area contributed by atoms with Gasteiger partial charge in [0.15, 0.2) is 5.78 Å². The number of amides is 3. The molecule has 8 nitrogen and oxygen atoms in total. The van der Waals surface area contributed by atoms with Crippen molar-refractivity contribution in [1.29, 1.82) is 0 Å². The second-order valence-electron chi connectivity index (χ2n) is 8.55. The van der Waals surface area contributed by atoms with E-state index in [9.17, 15) is 19.2 Å². The SMILES string of the molecule is CC(=O)N1CCc2c(sc(NC(=O)C(C)N3CCN(C=O)CC3)c2C(=O)c2ccccc2Cl)C1. The quantitative estimate of drug-likeness (QED) is 0.484. The summed E-state index contributed by atoms with van der Waals surface area (Å²) in [5.74, 6) is -0.469. The van der Waals surface area contributed by atoms with Crippen molar-refractivity contribution >= 4 is 51.9 Å². The predicted octanol–water partition coefficient (Wildman–Crippen LogP) is 2.64. The molecule has 1 aromatic heterocycles. The predicted molar refractivity (Wildman–Crippen MR) is 131 cm³/mol. The normalized spacial score (nSPS) is 17.1. The highest BCUT2D eigenvalue weighted by atomic mass is 35.5. The van der Waals surface area contributed by atoms with Gasteiger partial charge in [0.1, 0.15) is 5.00 Å². The largest absolute Gasteiger partial charge is 0.343 e. The molecule has 0 bridgehead atoms. The van der Waals surface area contributed by atoms with Gasteiger partial charge in [-0.25, -0.2) is 0 Å². The van der Waals surface area contributed by atoms with Gasteiger partial charge in [-0.2, -0.15) is 0 Å². The van der Waals surface area contributed by atoms with Crippen LogP contribution in [0.15, 0.2) is 24.3 Å². The van der Waals surface area contributed by atoms with Crippen molar-refractivity contribution in [3.8, 4) is 0 Å². The maximum atomic E-state index is 13.6. The maximum absolute atomic E-state index is 13.6. The van der Waals surface area contributed by atoms with E-state index in [-0.39, 0.29) is 17.6 Å². The van der Waals surface area contributed by atoms with Crippen LogP contribution in [-0.4, -0.2) is 77.5 Å². The van der Waals surface area contributed by atoms with Crippen LogP contribution in [0.1, 0.15) is 40.2 Å². The van der Waals surface area contributed by atoms with Crippen molar-refractivity contribution in [1.82, 2.24) is 14.7 Å². The zero-order valence-electron chi connectivity index (χ0n) is 19.2. The van der Waals surface area contributed by atoms with Crippen LogP contribution in [0.2, 0.25) is 5.02 Å². The maximum Gasteiger partial charge on any atom is 0.242 e. The first-order valence-electron chi connectivity index (χ1n) is 11.2. The Kier molecular flexibility index (Phi) is 7.35. The molecule has 34 heavy (non-hydrogen) atoms. The van der Waals surface area contributed by atoms with E-state index < -0.39 is 6.04 Å². The number of carbonyl (C=O) groups is 4. The second kappa shape index (κ2) is 10.2. The molecule has 2 aliphatic rings. The third-order valence-corrected chi connectivity index (χ3v) is 7.97. The number of fused-ring (bicyclic) bond motifs is 1. The molecule has 0 spiro atoms. The Balaban J connectivity index is 1.63. The first-order valence-corrected chi connectivity index (χ1v) is 12.4. The molecule has 0 radical (unpaired) electrons. The Hall–Kier alpha value is -2.75. The molecule has 4 rings (SSSR count). The highest BCUT2D eigenvalue weighted by Gasteiger charge is 2.32. The Bertz CT molecular complexity index is 1130. The molecule has 0 saturated carbocycles. The number of hydrogen-bond donors (Lipinski definition) is 1. The number of thiophene rings is 1. The van der Waals surface area contributed by atoms with Gasteiger partial charge in [-0.1, -0.05) is 23.7 Å². The van der Waals surface area contributed by atoms with Gasteiger partial charge in [0.2, 0.25) is 18.2 Å². The van der Waals surface area contributed by atoms with Crippen molar-refractivity contribution in [2.45, 2.75) is 32.9 Å². The summed E-state index contributed by atoms with van der Waals surface area (Å²) in [5, 5.41) is 3.84. The lowest BCUT2D eigenvalue weighted by atomic mass is 9.96. The third-order valence-electron chi connectivity index (χ3n) is 6.51. The molecule has 180 valence electrons. The van der Waals surface area contributed by atoms with Crippen LogP contribution in [0.5, 0.6) is 0 Å². The Morgan fingerprint density at radius 2 is 1.82 bits per heavy atom. The third kappa shape index (κ3) is 4.87. The first kappa shape index (κ1) is 24.4. The lowest BCUT2D eigenvalue weighted by Gasteiger charge is -2.35. The van der Waals surface area contributed by atoms with Crippen LogP contribution < -0.4 is 5.32 Å². The number of benzene rings is 1. The Labute approximate surface area is 207 Å². The van der Waals surface area contributed by atoms with Gasteiger partial charge in [-0.05, 0) is 31.0 Å². The van der Waals surface area contributed by atoms with Gasteiger partial charge < -0.3 is 15.1 Å². The summed E-state index contributed by atoms with van der Waals surface area (Å²) >= 11 is 7.67. The first-order chi connectivity index (χ1) is 16.3. The van der Waals surface area contributed by atoms with E-state index in [0.29, 0.717) is 66.8 Å². The van der Waals surface area contributed by atoms with Crippen molar-refractivity contribution in [3.05, 3.63) is 50.9 Å².